The third-order valence-corrected chi connectivity index (χ3v) is 9.79. The van der Waals surface area contributed by atoms with Crippen LogP contribution in [0.1, 0.15) is 52.2 Å². The van der Waals surface area contributed by atoms with Gasteiger partial charge in [-0.25, -0.2) is 4.79 Å². The zero-order valence-electron chi connectivity index (χ0n) is 33.7. The summed E-state index contributed by atoms with van der Waals surface area (Å²) in [5, 5.41) is 29.1. The number of carbonyl (C=O) groups is 8. The molecule has 1 heterocycles. The number of nitrogens with two attached hydrogens (primary N) is 1. The molecule has 10 N–H and O–H groups in total. The summed E-state index contributed by atoms with van der Waals surface area (Å²) in [6, 6.07) is 13.5. The summed E-state index contributed by atoms with van der Waals surface area (Å²) in [5.41, 5.74) is 7.90. The number of nitrogens with one attached hydrogen (secondary N) is 7. The fourth-order valence-corrected chi connectivity index (χ4v) is 6.34. The molecule has 1 aromatic heterocycles. The van der Waals surface area contributed by atoms with Crippen molar-refractivity contribution in [3.63, 3.8) is 0 Å². The van der Waals surface area contributed by atoms with Crippen molar-refractivity contribution in [2.24, 2.45) is 11.7 Å². The van der Waals surface area contributed by atoms with Gasteiger partial charge in [-0.2, -0.15) is 0 Å². The van der Waals surface area contributed by atoms with Crippen LogP contribution in [-0.2, 0) is 51.2 Å². The van der Waals surface area contributed by atoms with Crippen LogP contribution in [0.15, 0.2) is 72.1 Å². The molecule has 0 saturated heterocycles. The van der Waals surface area contributed by atoms with Gasteiger partial charge in [-0.3, -0.25) is 33.6 Å². The van der Waals surface area contributed by atoms with E-state index < -0.39 is 96.7 Å². The SMILES string of the molecule is CC(C)C[C@H](NC(=O)[C@H](Cc1ccccc1)NC(=O)CNC(=O)CNC(=O)[C@H](Cc1ccc(-c2cccs2)cc1)NC(=O)[C@H](C)NC(=O)[C@H](C)NC(=O)[C@H](C)N)C(=O)O. The van der Waals surface area contributed by atoms with Gasteiger partial charge in [-0.15, -0.1) is 11.3 Å². The summed E-state index contributed by atoms with van der Waals surface area (Å²) in [6.07, 6.45) is 0.233. The molecule has 18 heteroatoms. The van der Waals surface area contributed by atoms with Crippen molar-refractivity contribution in [1.82, 2.24) is 37.2 Å². The quantitative estimate of drug-likeness (QED) is 0.0672. The highest BCUT2D eigenvalue weighted by atomic mass is 32.1. The maximum Gasteiger partial charge on any atom is 0.326 e. The number of carbonyl (C=O) groups excluding carboxylic acids is 7. The lowest BCUT2D eigenvalue weighted by Crippen LogP contribution is -2.57. The van der Waals surface area contributed by atoms with E-state index in [9.17, 15) is 43.5 Å². The topological polar surface area (TPSA) is 267 Å². The van der Waals surface area contributed by atoms with Gasteiger partial charge in [-0.1, -0.05) is 74.5 Å². The van der Waals surface area contributed by atoms with Crippen molar-refractivity contribution < 1.29 is 43.5 Å². The Bertz CT molecular complexity index is 1910. The average Bonchev–Trinajstić information content (AvgIpc) is 3.74. The first-order valence-electron chi connectivity index (χ1n) is 19.1. The lowest BCUT2D eigenvalue weighted by atomic mass is 10.0. The van der Waals surface area contributed by atoms with Gasteiger partial charge >= 0.3 is 5.97 Å². The second-order valence-corrected chi connectivity index (χ2v) is 15.5. The van der Waals surface area contributed by atoms with E-state index in [2.05, 4.69) is 37.2 Å². The third kappa shape index (κ3) is 16.3. The molecule has 0 spiro atoms. The molecular formula is C41H54N8O9S. The van der Waals surface area contributed by atoms with Crippen molar-refractivity contribution in [2.45, 2.75) is 90.1 Å². The zero-order chi connectivity index (χ0) is 43.6. The molecule has 0 bridgehead atoms. The molecule has 2 aromatic carbocycles. The summed E-state index contributed by atoms with van der Waals surface area (Å²) < 4.78 is 0. The Morgan fingerprint density at radius 2 is 1.12 bits per heavy atom. The minimum atomic E-state index is -1.21. The second kappa shape index (κ2) is 23.3. The molecule has 3 aromatic rings. The minimum absolute atomic E-state index is 0.0125. The Morgan fingerprint density at radius 1 is 0.576 bits per heavy atom. The highest BCUT2D eigenvalue weighted by Crippen LogP contribution is 2.25. The molecule has 0 aliphatic heterocycles. The Kier molecular flexibility index (Phi) is 18.7. The van der Waals surface area contributed by atoms with Gasteiger partial charge in [0.15, 0.2) is 0 Å². The van der Waals surface area contributed by atoms with Crippen LogP contribution in [0, 0.1) is 5.92 Å². The van der Waals surface area contributed by atoms with Crippen LogP contribution < -0.4 is 43.0 Å². The number of carboxylic acids is 1. The Balaban J connectivity index is 1.64. The van der Waals surface area contributed by atoms with Crippen LogP contribution in [0.3, 0.4) is 0 Å². The Labute approximate surface area is 347 Å². The van der Waals surface area contributed by atoms with E-state index in [-0.39, 0.29) is 25.2 Å². The summed E-state index contributed by atoms with van der Waals surface area (Å²) in [6.45, 7) is 6.77. The summed E-state index contributed by atoms with van der Waals surface area (Å²) in [4.78, 5) is 103. The van der Waals surface area contributed by atoms with Crippen LogP contribution in [-0.4, -0.2) is 102 Å². The fourth-order valence-electron chi connectivity index (χ4n) is 5.61. The molecule has 17 nitrogen and oxygen atoms in total. The predicted molar refractivity (Wildman–Crippen MR) is 221 cm³/mol. The van der Waals surface area contributed by atoms with Crippen LogP contribution in [0.4, 0.5) is 0 Å². The predicted octanol–water partition coefficient (Wildman–Crippen LogP) is 0.374. The summed E-state index contributed by atoms with van der Waals surface area (Å²) >= 11 is 1.56. The lowest BCUT2D eigenvalue weighted by Gasteiger charge is -2.23. The number of benzene rings is 2. The monoisotopic (exact) mass is 834 g/mol. The second-order valence-electron chi connectivity index (χ2n) is 14.5. The molecule has 318 valence electrons. The normalized spacial score (nSPS) is 13.9. The molecular weight excluding hydrogens is 781 g/mol. The molecule has 59 heavy (non-hydrogen) atoms. The molecule has 0 aliphatic carbocycles. The van der Waals surface area contributed by atoms with E-state index in [1.54, 1.807) is 53.8 Å². The van der Waals surface area contributed by atoms with E-state index in [4.69, 9.17) is 5.73 Å². The number of aliphatic carboxylic acids is 1. The van der Waals surface area contributed by atoms with Crippen LogP contribution in [0.5, 0.6) is 0 Å². The number of hydrogen-bond acceptors (Lipinski definition) is 10. The van der Waals surface area contributed by atoms with E-state index in [1.807, 2.05) is 43.5 Å². The maximum absolute atomic E-state index is 13.5. The summed E-state index contributed by atoms with van der Waals surface area (Å²) in [7, 11) is 0. The van der Waals surface area contributed by atoms with Gasteiger partial charge < -0.3 is 48.1 Å². The first-order valence-corrected chi connectivity index (χ1v) is 20.0. The van der Waals surface area contributed by atoms with Gasteiger partial charge in [0.25, 0.3) is 0 Å². The Morgan fingerprint density at radius 3 is 1.68 bits per heavy atom. The minimum Gasteiger partial charge on any atom is -0.480 e. The molecule has 7 amide bonds. The summed E-state index contributed by atoms with van der Waals surface area (Å²) in [5.74, 6) is -6.11. The van der Waals surface area contributed by atoms with Gasteiger partial charge in [0.05, 0.1) is 19.1 Å². The fraction of sp³-hybridized carbons (Fsp3) is 0.415. The first-order chi connectivity index (χ1) is 27.9. The smallest absolute Gasteiger partial charge is 0.326 e. The standard InChI is InChI=1S/C41H54N8O9S/c1-23(2)18-32(41(57)58)49-40(56)31(19-27-10-7-6-8-11-27)47-35(51)22-43-34(50)21-44-39(55)30(20-28-13-15-29(16-14-28)33-12-9-17-59-33)48-38(54)26(5)46-37(53)25(4)45-36(52)24(3)42/h6-17,23-26,30-32H,18-22,42H2,1-5H3,(H,43,50)(H,44,55)(H,45,52)(H,46,53)(H,47,51)(H,48,54)(H,49,56)(H,57,58)/t24-,25-,26-,30-,31-,32-/m0/s1. The third-order valence-electron chi connectivity index (χ3n) is 8.88. The van der Waals surface area contributed by atoms with Crippen LogP contribution in [0.25, 0.3) is 10.4 Å². The van der Waals surface area contributed by atoms with Gasteiger partial charge in [-0.05, 0) is 61.2 Å². The molecule has 0 radical (unpaired) electrons. The lowest BCUT2D eigenvalue weighted by molar-refractivity contribution is -0.142. The largest absolute Gasteiger partial charge is 0.480 e. The molecule has 0 saturated carbocycles. The highest BCUT2D eigenvalue weighted by Gasteiger charge is 2.29. The Hall–Kier alpha value is -6.14. The molecule has 0 aliphatic rings. The van der Waals surface area contributed by atoms with Gasteiger partial charge in [0.1, 0.15) is 30.2 Å². The number of thiophene rings is 1. The molecule has 6 atom stereocenters. The van der Waals surface area contributed by atoms with E-state index >= 15 is 0 Å². The average molecular weight is 835 g/mol. The molecule has 0 fully saturated rings. The highest BCUT2D eigenvalue weighted by molar-refractivity contribution is 7.13. The molecule has 3 rings (SSSR count). The number of carboxylic acid groups (broad SMARTS) is 1. The van der Waals surface area contributed by atoms with E-state index in [0.29, 0.717) is 11.1 Å². The van der Waals surface area contributed by atoms with Gasteiger partial charge in [0.2, 0.25) is 41.4 Å². The van der Waals surface area contributed by atoms with Crippen molar-refractivity contribution in [3.05, 3.63) is 83.2 Å². The number of amides is 7. The van der Waals surface area contributed by atoms with Crippen molar-refractivity contribution in [1.29, 1.82) is 0 Å². The van der Waals surface area contributed by atoms with Crippen LogP contribution >= 0.6 is 11.3 Å². The van der Waals surface area contributed by atoms with Gasteiger partial charge in [0, 0.05) is 17.7 Å². The molecule has 0 unspecified atom stereocenters. The van der Waals surface area contributed by atoms with Crippen molar-refractivity contribution in [2.75, 3.05) is 13.1 Å². The van der Waals surface area contributed by atoms with Crippen LogP contribution in [0.2, 0.25) is 0 Å². The van der Waals surface area contributed by atoms with E-state index in [0.717, 1.165) is 10.4 Å². The maximum atomic E-state index is 13.5. The first kappa shape index (κ1) is 47.2. The number of rotatable bonds is 22. The van der Waals surface area contributed by atoms with Crippen molar-refractivity contribution in [3.8, 4) is 10.4 Å². The van der Waals surface area contributed by atoms with Crippen molar-refractivity contribution >= 4 is 58.7 Å². The van der Waals surface area contributed by atoms with E-state index in [1.165, 1.54) is 20.8 Å². The zero-order valence-corrected chi connectivity index (χ0v) is 34.5. The number of hydrogen-bond donors (Lipinski definition) is 9.